The third-order valence-electron chi connectivity index (χ3n) is 4.74. The molecule has 0 aromatic heterocycles. The smallest absolute Gasteiger partial charge is 0.0892 e. The lowest BCUT2D eigenvalue weighted by Crippen LogP contribution is -2.42. The first-order valence-electron chi connectivity index (χ1n) is 6.67. The Labute approximate surface area is 107 Å². The predicted molar refractivity (Wildman–Crippen MR) is 72.3 cm³/mol. The van der Waals surface area contributed by atoms with Crippen LogP contribution in [0.2, 0.25) is 0 Å². The lowest BCUT2D eigenvalue weighted by molar-refractivity contribution is 0.438. The number of hydrogen-bond donors (Lipinski definition) is 2. The van der Waals surface area contributed by atoms with Gasteiger partial charge in [-0.2, -0.15) is 0 Å². The maximum absolute atomic E-state index is 3.61. The zero-order valence-corrected chi connectivity index (χ0v) is 10.8. The van der Waals surface area contributed by atoms with Crippen LogP contribution in [0.25, 0.3) is 0 Å². The molecule has 2 bridgehead atoms. The van der Waals surface area contributed by atoms with E-state index in [1.807, 2.05) is 0 Å². The Balaban J connectivity index is 1.78. The fourth-order valence-electron chi connectivity index (χ4n) is 3.72. The summed E-state index contributed by atoms with van der Waals surface area (Å²) in [6.07, 6.45) is 14.0. The highest BCUT2D eigenvalue weighted by Crippen LogP contribution is 2.47. The van der Waals surface area contributed by atoms with E-state index in [0.717, 1.165) is 12.5 Å². The van der Waals surface area contributed by atoms with Crippen molar-refractivity contribution in [3.8, 4) is 0 Å². The Morgan fingerprint density at radius 1 is 1.29 bits per heavy atom. The van der Waals surface area contributed by atoms with Gasteiger partial charge in [-0.05, 0) is 42.7 Å². The van der Waals surface area contributed by atoms with E-state index in [1.54, 1.807) is 23.3 Å². The molecule has 0 aromatic carbocycles. The predicted octanol–water partition coefficient (Wildman–Crippen LogP) is 2.87. The van der Waals surface area contributed by atoms with Crippen LogP contribution >= 0.6 is 12.1 Å². The van der Waals surface area contributed by atoms with Gasteiger partial charge in [0.25, 0.3) is 0 Å². The summed E-state index contributed by atoms with van der Waals surface area (Å²) in [6, 6.07) is 0. The van der Waals surface area contributed by atoms with Crippen molar-refractivity contribution in [2.24, 2.45) is 5.92 Å². The molecule has 1 saturated carbocycles. The van der Waals surface area contributed by atoms with Crippen LogP contribution in [0.4, 0.5) is 0 Å². The van der Waals surface area contributed by atoms with Gasteiger partial charge in [-0.25, -0.2) is 9.44 Å². The molecule has 17 heavy (non-hydrogen) atoms. The number of fused-ring (bicyclic) bond motifs is 1. The average Bonchev–Trinajstić information content (AvgIpc) is 2.88. The van der Waals surface area contributed by atoms with Crippen LogP contribution in [-0.2, 0) is 0 Å². The van der Waals surface area contributed by atoms with E-state index in [2.05, 4.69) is 27.7 Å². The van der Waals surface area contributed by atoms with Crippen molar-refractivity contribution >= 4 is 12.1 Å². The standard InChI is InChI=1S/C14H18N2S/c1-2-4-11-8-13-6-5-12(7-10(11)3-1)14(13)9-15-17-16-14/h5-7,11,15-16H,1-4,8-9H2. The average molecular weight is 246 g/mol. The maximum atomic E-state index is 3.61. The number of rotatable bonds is 0. The largest absolute Gasteiger partial charge is 0.248 e. The van der Waals surface area contributed by atoms with Gasteiger partial charge in [-0.1, -0.05) is 30.2 Å². The first kappa shape index (κ1) is 10.4. The lowest BCUT2D eigenvalue weighted by atomic mass is 9.80. The molecule has 2 atom stereocenters. The second-order valence-electron chi connectivity index (χ2n) is 5.61. The highest BCUT2D eigenvalue weighted by molar-refractivity contribution is 7.95. The molecular formula is C14H18N2S. The zero-order chi connectivity index (χ0) is 11.3. The summed E-state index contributed by atoms with van der Waals surface area (Å²) in [6.45, 7) is 1.03. The Morgan fingerprint density at radius 2 is 2.29 bits per heavy atom. The van der Waals surface area contributed by atoms with E-state index < -0.39 is 0 Å². The van der Waals surface area contributed by atoms with Crippen LogP contribution in [0.3, 0.4) is 0 Å². The molecule has 2 N–H and O–H groups in total. The maximum Gasteiger partial charge on any atom is 0.0892 e. The van der Waals surface area contributed by atoms with Gasteiger partial charge in [0.1, 0.15) is 0 Å². The molecule has 3 aliphatic carbocycles. The molecule has 2 nitrogen and oxygen atoms in total. The summed E-state index contributed by atoms with van der Waals surface area (Å²) in [7, 11) is 0. The fraction of sp³-hybridized carbons (Fsp3) is 0.571. The first-order chi connectivity index (χ1) is 8.38. The van der Waals surface area contributed by atoms with Crippen LogP contribution in [-0.4, -0.2) is 12.1 Å². The quantitative estimate of drug-likeness (QED) is 0.643. The van der Waals surface area contributed by atoms with Gasteiger partial charge in [-0.15, -0.1) is 0 Å². The van der Waals surface area contributed by atoms with Crippen molar-refractivity contribution in [1.82, 2.24) is 9.44 Å². The number of allylic oxidation sites excluding steroid dienone is 3. The van der Waals surface area contributed by atoms with Crippen molar-refractivity contribution in [2.75, 3.05) is 6.54 Å². The molecular weight excluding hydrogens is 228 g/mol. The van der Waals surface area contributed by atoms with E-state index in [0.29, 0.717) is 0 Å². The van der Waals surface area contributed by atoms with Crippen molar-refractivity contribution in [2.45, 2.75) is 37.6 Å². The van der Waals surface area contributed by atoms with Crippen LogP contribution in [0.5, 0.6) is 0 Å². The molecule has 1 spiro atoms. The summed E-state index contributed by atoms with van der Waals surface area (Å²) < 4.78 is 7.00. The van der Waals surface area contributed by atoms with Gasteiger partial charge in [0.05, 0.1) is 5.54 Å². The Morgan fingerprint density at radius 3 is 3.18 bits per heavy atom. The first-order valence-corrected chi connectivity index (χ1v) is 7.48. The second kappa shape index (κ2) is 3.74. The van der Waals surface area contributed by atoms with Crippen LogP contribution in [0.1, 0.15) is 32.1 Å². The number of nitrogens with one attached hydrogen (secondary N) is 2. The van der Waals surface area contributed by atoms with Gasteiger partial charge in [0.2, 0.25) is 0 Å². The van der Waals surface area contributed by atoms with Crippen molar-refractivity contribution in [1.29, 1.82) is 0 Å². The van der Waals surface area contributed by atoms with Crippen molar-refractivity contribution in [3.63, 3.8) is 0 Å². The van der Waals surface area contributed by atoms with E-state index in [4.69, 9.17) is 0 Å². The zero-order valence-electron chi connectivity index (χ0n) is 9.96. The topological polar surface area (TPSA) is 24.1 Å². The Hall–Kier alpha value is -0.510. The number of hydrogen-bond acceptors (Lipinski definition) is 3. The molecule has 1 heterocycles. The minimum Gasteiger partial charge on any atom is -0.248 e. The minimum absolute atomic E-state index is 0.120. The molecule has 0 amide bonds. The van der Waals surface area contributed by atoms with Crippen LogP contribution in [0, 0.1) is 5.92 Å². The summed E-state index contributed by atoms with van der Waals surface area (Å²) in [4.78, 5) is 0. The minimum atomic E-state index is 0.120. The molecule has 2 fully saturated rings. The molecule has 90 valence electrons. The van der Waals surface area contributed by atoms with E-state index >= 15 is 0 Å². The monoisotopic (exact) mass is 246 g/mol. The molecule has 0 radical (unpaired) electrons. The molecule has 3 heteroatoms. The van der Waals surface area contributed by atoms with Crippen LogP contribution < -0.4 is 9.44 Å². The van der Waals surface area contributed by atoms with Crippen molar-refractivity contribution in [3.05, 3.63) is 34.9 Å². The SMILES string of the molecule is C1=C2CCCCC2CC2=CC=C1C21CNSN1. The fourth-order valence-corrected chi connectivity index (χ4v) is 4.57. The lowest BCUT2D eigenvalue weighted by Gasteiger charge is -2.29. The van der Waals surface area contributed by atoms with Gasteiger partial charge in [0, 0.05) is 18.7 Å². The summed E-state index contributed by atoms with van der Waals surface area (Å²) >= 11 is 1.66. The highest BCUT2D eigenvalue weighted by atomic mass is 32.2. The summed E-state index contributed by atoms with van der Waals surface area (Å²) in [5, 5.41) is 0. The summed E-state index contributed by atoms with van der Waals surface area (Å²) in [5.41, 5.74) is 4.92. The van der Waals surface area contributed by atoms with E-state index in [-0.39, 0.29) is 5.54 Å². The molecule has 4 rings (SSSR count). The van der Waals surface area contributed by atoms with E-state index in [1.165, 1.54) is 37.7 Å². The molecule has 4 aliphatic rings. The Kier molecular flexibility index (Phi) is 2.29. The third-order valence-corrected chi connectivity index (χ3v) is 5.48. The van der Waals surface area contributed by atoms with E-state index in [9.17, 15) is 0 Å². The Bertz CT molecular complexity index is 441. The second-order valence-corrected chi connectivity index (χ2v) is 6.31. The van der Waals surface area contributed by atoms with Crippen molar-refractivity contribution < 1.29 is 0 Å². The molecule has 2 unspecified atom stereocenters. The summed E-state index contributed by atoms with van der Waals surface area (Å²) in [5.74, 6) is 0.825. The van der Waals surface area contributed by atoms with Gasteiger partial charge in [-0.3, -0.25) is 0 Å². The third kappa shape index (κ3) is 1.42. The molecule has 1 saturated heterocycles. The van der Waals surface area contributed by atoms with Gasteiger partial charge < -0.3 is 0 Å². The van der Waals surface area contributed by atoms with Crippen LogP contribution in [0.15, 0.2) is 34.9 Å². The highest BCUT2D eigenvalue weighted by Gasteiger charge is 2.45. The van der Waals surface area contributed by atoms with Gasteiger partial charge in [0.15, 0.2) is 0 Å². The molecule has 1 aliphatic heterocycles. The van der Waals surface area contributed by atoms with Gasteiger partial charge >= 0.3 is 0 Å². The molecule has 0 aromatic rings. The normalized spacial score (nSPS) is 39.5.